The van der Waals surface area contributed by atoms with Crippen molar-refractivity contribution in [3.05, 3.63) is 35.9 Å². The van der Waals surface area contributed by atoms with E-state index in [9.17, 15) is 9.59 Å². The Morgan fingerprint density at radius 3 is 2.54 bits per heavy atom. The molecule has 6 heteroatoms. The number of carbonyl (C=O) groups excluding carboxylic acids is 2. The van der Waals surface area contributed by atoms with E-state index in [0.717, 1.165) is 31.2 Å². The molecule has 26 heavy (non-hydrogen) atoms. The van der Waals surface area contributed by atoms with E-state index in [4.69, 9.17) is 10.5 Å². The molecule has 6 nitrogen and oxygen atoms in total. The molecule has 0 radical (unpaired) electrons. The fourth-order valence-electron chi connectivity index (χ4n) is 3.34. The minimum Gasteiger partial charge on any atom is -0.445 e. The molecule has 144 valence electrons. The maximum absolute atomic E-state index is 12.6. The van der Waals surface area contributed by atoms with Crippen LogP contribution >= 0.6 is 0 Å². The summed E-state index contributed by atoms with van der Waals surface area (Å²) in [6, 6.07) is 8.88. The van der Waals surface area contributed by atoms with E-state index in [2.05, 4.69) is 5.32 Å². The van der Waals surface area contributed by atoms with Gasteiger partial charge in [-0.15, -0.1) is 0 Å². The molecule has 2 rings (SSSR count). The number of carbonyl (C=O) groups is 2. The van der Waals surface area contributed by atoms with Crippen molar-refractivity contribution >= 4 is 12.0 Å². The fraction of sp³-hybridized carbons (Fsp3) is 0.600. The van der Waals surface area contributed by atoms with Crippen LogP contribution in [-0.4, -0.2) is 42.1 Å². The number of nitrogens with one attached hydrogen (secondary N) is 1. The van der Waals surface area contributed by atoms with Gasteiger partial charge >= 0.3 is 6.09 Å². The standard InChI is InChI=1S/C20H31N3O3/c1-14(2)18(21)19(24)23(3)17-12-8-7-11-16(17)22-20(25)26-13-15-9-5-4-6-10-15/h4-6,9-10,14,16-18H,7-8,11-13,21H2,1-3H3,(H,22,25)/t16-,17-,18+/m1/s1. The van der Waals surface area contributed by atoms with Gasteiger partial charge in [0.25, 0.3) is 0 Å². The molecule has 0 heterocycles. The first kappa shape index (κ1) is 20.2. The minimum absolute atomic E-state index is 0.0506. The molecule has 3 N–H and O–H groups in total. The number of amides is 2. The van der Waals surface area contributed by atoms with Crippen molar-refractivity contribution in [3.63, 3.8) is 0 Å². The molecule has 0 aliphatic heterocycles. The molecule has 1 aliphatic carbocycles. The van der Waals surface area contributed by atoms with Crippen molar-refractivity contribution < 1.29 is 14.3 Å². The highest BCUT2D eigenvalue weighted by Crippen LogP contribution is 2.23. The molecule has 3 atom stereocenters. The Hall–Kier alpha value is -2.08. The third kappa shape index (κ3) is 5.46. The van der Waals surface area contributed by atoms with E-state index >= 15 is 0 Å². The molecule has 0 unspecified atom stereocenters. The van der Waals surface area contributed by atoms with Gasteiger partial charge in [0.1, 0.15) is 6.61 Å². The second-order valence-corrected chi connectivity index (χ2v) is 7.38. The van der Waals surface area contributed by atoms with Crippen molar-refractivity contribution in [2.45, 2.75) is 64.3 Å². The minimum atomic E-state index is -0.521. The summed E-state index contributed by atoms with van der Waals surface area (Å²) in [5, 5.41) is 2.95. The Kier molecular flexibility index (Phi) is 7.45. The maximum atomic E-state index is 12.6. The Bertz CT molecular complexity index is 591. The SMILES string of the molecule is CC(C)[C@H](N)C(=O)N(C)[C@@H]1CCCC[C@H]1NC(=O)OCc1ccccc1. The fourth-order valence-corrected chi connectivity index (χ4v) is 3.34. The van der Waals surface area contributed by atoms with Crippen LogP contribution in [0.4, 0.5) is 4.79 Å². The normalized spacial score (nSPS) is 21.1. The summed E-state index contributed by atoms with van der Waals surface area (Å²) in [6.45, 7) is 4.11. The molecule has 1 aromatic rings. The Labute approximate surface area is 156 Å². The lowest BCUT2D eigenvalue weighted by atomic mass is 9.88. The highest BCUT2D eigenvalue weighted by molar-refractivity contribution is 5.82. The van der Waals surface area contributed by atoms with Gasteiger partial charge in [-0.25, -0.2) is 4.79 Å². The van der Waals surface area contributed by atoms with Crippen LogP contribution in [-0.2, 0) is 16.1 Å². The summed E-state index contributed by atoms with van der Waals surface area (Å²) in [5.41, 5.74) is 6.97. The Balaban J connectivity index is 1.92. The Morgan fingerprint density at radius 2 is 1.88 bits per heavy atom. The lowest BCUT2D eigenvalue weighted by Crippen LogP contribution is -2.57. The third-order valence-corrected chi connectivity index (χ3v) is 5.09. The first-order valence-corrected chi connectivity index (χ1v) is 9.39. The largest absolute Gasteiger partial charge is 0.445 e. The number of hydrogen-bond acceptors (Lipinski definition) is 4. The summed E-state index contributed by atoms with van der Waals surface area (Å²) in [6.07, 6.45) is 3.31. The van der Waals surface area contributed by atoms with Crippen LogP contribution in [0, 0.1) is 5.92 Å². The zero-order chi connectivity index (χ0) is 19.1. The van der Waals surface area contributed by atoms with Crippen LogP contribution in [0.1, 0.15) is 45.1 Å². The van der Waals surface area contributed by atoms with Crippen LogP contribution in [0.25, 0.3) is 0 Å². The van der Waals surface area contributed by atoms with Gasteiger partial charge in [-0.05, 0) is 24.3 Å². The van der Waals surface area contributed by atoms with Gasteiger partial charge in [-0.2, -0.15) is 0 Å². The van der Waals surface area contributed by atoms with Gasteiger partial charge in [0.15, 0.2) is 0 Å². The number of nitrogens with two attached hydrogens (primary N) is 1. The number of nitrogens with zero attached hydrogens (tertiary/aromatic N) is 1. The molecule has 0 bridgehead atoms. The predicted molar refractivity (Wildman–Crippen MR) is 101 cm³/mol. The molecule has 0 spiro atoms. The number of ether oxygens (including phenoxy) is 1. The molecule has 0 aromatic heterocycles. The van der Waals surface area contributed by atoms with E-state index < -0.39 is 12.1 Å². The van der Waals surface area contributed by atoms with Crippen molar-refractivity contribution in [3.8, 4) is 0 Å². The first-order chi connectivity index (χ1) is 12.4. The van der Waals surface area contributed by atoms with Crippen LogP contribution < -0.4 is 11.1 Å². The van der Waals surface area contributed by atoms with E-state index in [1.807, 2.05) is 44.2 Å². The quantitative estimate of drug-likeness (QED) is 0.816. The lowest BCUT2D eigenvalue weighted by molar-refractivity contribution is -0.135. The number of hydrogen-bond donors (Lipinski definition) is 2. The number of likely N-dealkylation sites (N-methyl/N-ethyl adjacent to an activating group) is 1. The summed E-state index contributed by atoms with van der Waals surface area (Å²) < 4.78 is 5.33. The zero-order valence-electron chi connectivity index (χ0n) is 16.0. The summed E-state index contributed by atoms with van der Waals surface area (Å²) in [7, 11) is 1.78. The highest BCUT2D eigenvalue weighted by Gasteiger charge is 2.34. The van der Waals surface area contributed by atoms with Crippen molar-refractivity contribution in [1.82, 2.24) is 10.2 Å². The second-order valence-electron chi connectivity index (χ2n) is 7.38. The highest BCUT2D eigenvalue weighted by atomic mass is 16.5. The van der Waals surface area contributed by atoms with E-state index in [0.29, 0.717) is 0 Å². The van der Waals surface area contributed by atoms with Crippen LogP contribution in [0.5, 0.6) is 0 Å². The number of rotatable bonds is 6. The smallest absolute Gasteiger partial charge is 0.407 e. The van der Waals surface area contributed by atoms with E-state index in [1.54, 1.807) is 11.9 Å². The molecule has 0 saturated heterocycles. The third-order valence-electron chi connectivity index (χ3n) is 5.09. The van der Waals surface area contributed by atoms with Crippen LogP contribution in [0.3, 0.4) is 0 Å². The summed E-state index contributed by atoms with van der Waals surface area (Å²) in [5.74, 6) is 0.00661. The van der Waals surface area contributed by atoms with E-state index in [-0.39, 0.29) is 30.5 Å². The van der Waals surface area contributed by atoms with Gasteiger partial charge in [0, 0.05) is 7.05 Å². The predicted octanol–water partition coefficient (Wildman–Crippen LogP) is 2.67. The van der Waals surface area contributed by atoms with Gasteiger partial charge < -0.3 is 20.7 Å². The average molecular weight is 361 g/mol. The Morgan fingerprint density at radius 1 is 1.23 bits per heavy atom. The summed E-state index contributed by atoms with van der Waals surface area (Å²) in [4.78, 5) is 26.5. The molecule has 1 saturated carbocycles. The molecule has 1 aromatic carbocycles. The molecular formula is C20H31N3O3. The molecule has 1 fully saturated rings. The molecular weight excluding hydrogens is 330 g/mol. The topological polar surface area (TPSA) is 84.7 Å². The molecule has 2 amide bonds. The monoisotopic (exact) mass is 361 g/mol. The van der Waals surface area contributed by atoms with Gasteiger partial charge in [-0.3, -0.25) is 4.79 Å². The lowest BCUT2D eigenvalue weighted by Gasteiger charge is -2.39. The van der Waals surface area contributed by atoms with Crippen molar-refractivity contribution in [1.29, 1.82) is 0 Å². The van der Waals surface area contributed by atoms with E-state index in [1.165, 1.54) is 0 Å². The average Bonchev–Trinajstić information content (AvgIpc) is 2.65. The van der Waals surface area contributed by atoms with Gasteiger partial charge in [0.05, 0.1) is 18.1 Å². The maximum Gasteiger partial charge on any atom is 0.407 e. The zero-order valence-corrected chi connectivity index (χ0v) is 16.0. The second kappa shape index (κ2) is 9.57. The van der Waals surface area contributed by atoms with Gasteiger partial charge in [0.2, 0.25) is 5.91 Å². The number of alkyl carbamates (subject to hydrolysis) is 1. The number of benzene rings is 1. The van der Waals surface area contributed by atoms with Crippen molar-refractivity contribution in [2.75, 3.05) is 7.05 Å². The summed E-state index contributed by atoms with van der Waals surface area (Å²) >= 11 is 0. The van der Waals surface area contributed by atoms with Gasteiger partial charge in [-0.1, -0.05) is 57.0 Å². The molecule has 1 aliphatic rings. The van der Waals surface area contributed by atoms with Crippen molar-refractivity contribution in [2.24, 2.45) is 11.7 Å². The van der Waals surface area contributed by atoms with Crippen LogP contribution in [0.2, 0.25) is 0 Å². The first-order valence-electron chi connectivity index (χ1n) is 9.39. The van der Waals surface area contributed by atoms with Crippen LogP contribution in [0.15, 0.2) is 30.3 Å².